The Morgan fingerprint density at radius 1 is 1.39 bits per heavy atom. The summed E-state index contributed by atoms with van der Waals surface area (Å²) in [5, 5.41) is 8.44. The molecule has 0 spiro atoms. The van der Waals surface area contributed by atoms with Crippen molar-refractivity contribution in [3.8, 4) is 10.9 Å². The Labute approximate surface area is 139 Å². The number of halogens is 3. The molecule has 0 saturated heterocycles. The van der Waals surface area contributed by atoms with Crippen LogP contribution in [0.15, 0.2) is 30.6 Å². The number of rotatable bonds is 5. The molecule has 2 aromatic heterocycles. The minimum atomic E-state index is -2.65. The average Bonchev–Trinajstić information content (AvgIpc) is 3.14. The van der Waals surface area contributed by atoms with E-state index in [0.29, 0.717) is 16.6 Å². The third kappa shape index (κ3) is 3.65. The molecular formula is C14H11ClF2N4OS. The summed E-state index contributed by atoms with van der Waals surface area (Å²) < 4.78 is 32.7. The molecule has 0 aliphatic heterocycles. The number of hydrogen-bond donors (Lipinski definition) is 0. The zero-order valence-corrected chi connectivity index (χ0v) is 13.5. The molecule has 1 aromatic carbocycles. The van der Waals surface area contributed by atoms with Crippen LogP contribution in [0.1, 0.15) is 22.6 Å². The van der Waals surface area contributed by atoms with Crippen LogP contribution in [0.25, 0.3) is 5.69 Å². The van der Waals surface area contributed by atoms with E-state index in [1.807, 2.05) is 6.92 Å². The van der Waals surface area contributed by atoms with Gasteiger partial charge >= 0.3 is 0 Å². The van der Waals surface area contributed by atoms with Crippen LogP contribution in [0.3, 0.4) is 0 Å². The number of thiazole rings is 1. The molecule has 3 aromatic rings. The molecule has 3 rings (SSSR count). The van der Waals surface area contributed by atoms with Gasteiger partial charge in [-0.25, -0.2) is 18.4 Å². The fraction of sp³-hybridized carbons (Fsp3) is 0.214. The standard InChI is InChI=1S/C14H11ClF2N4OS/c1-8-5-18-14(23-8)22-7-9-6-21(20-19-9)10-2-3-12(15)11(4-10)13(16)17/h2-6,13H,7H2,1H3. The third-order valence-corrected chi connectivity index (χ3v) is 4.13. The number of benzene rings is 1. The van der Waals surface area contributed by atoms with Gasteiger partial charge in [0.15, 0.2) is 0 Å². The number of aromatic nitrogens is 4. The van der Waals surface area contributed by atoms with E-state index in [9.17, 15) is 8.78 Å². The summed E-state index contributed by atoms with van der Waals surface area (Å²) in [6, 6.07) is 4.29. The summed E-state index contributed by atoms with van der Waals surface area (Å²) in [6.45, 7) is 2.13. The van der Waals surface area contributed by atoms with E-state index in [-0.39, 0.29) is 17.2 Å². The predicted molar refractivity (Wildman–Crippen MR) is 82.5 cm³/mol. The van der Waals surface area contributed by atoms with E-state index >= 15 is 0 Å². The lowest BCUT2D eigenvalue weighted by atomic mass is 10.2. The van der Waals surface area contributed by atoms with Crippen LogP contribution in [0, 0.1) is 6.92 Å². The van der Waals surface area contributed by atoms with Gasteiger partial charge in [0.05, 0.1) is 11.9 Å². The van der Waals surface area contributed by atoms with Gasteiger partial charge in [0.1, 0.15) is 12.3 Å². The van der Waals surface area contributed by atoms with Gasteiger partial charge in [-0.1, -0.05) is 28.2 Å². The van der Waals surface area contributed by atoms with E-state index in [1.54, 1.807) is 18.5 Å². The van der Waals surface area contributed by atoms with Crippen molar-refractivity contribution in [1.82, 2.24) is 20.0 Å². The third-order valence-electron chi connectivity index (χ3n) is 2.96. The summed E-state index contributed by atoms with van der Waals surface area (Å²) in [6.07, 6.45) is 0.678. The first-order chi connectivity index (χ1) is 11.0. The van der Waals surface area contributed by atoms with Gasteiger partial charge in [0, 0.05) is 21.7 Å². The van der Waals surface area contributed by atoms with E-state index in [0.717, 1.165) is 4.88 Å². The zero-order valence-electron chi connectivity index (χ0n) is 11.9. The summed E-state index contributed by atoms with van der Waals surface area (Å²) in [5.74, 6) is 0. The molecule has 0 unspecified atom stereocenters. The van der Waals surface area contributed by atoms with Crippen molar-refractivity contribution in [3.63, 3.8) is 0 Å². The van der Waals surface area contributed by atoms with Crippen LogP contribution in [-0.4, -0.2) is 20.0 Å². The maximum Gasteiger partial charge on any atom is 0.273 e. The lowest BCUT2D eigenvalue weighted by Gasteiger charge is -2.06. The quantitative estimate of drug-likeness (QED) is 0.687. The second-order valence-corrected chi connectivity index (χ2v) is 6.29. The molecule has 9 heteroatoms. The first-order valence-electron chi connectivity index (χ1n) is 6.57. The minimum absolute atomic E-state index is 0.0200. The van der Waals surface area contributed by atoms with Crippen molar-refractivity contribution in [2.45, 2.75) is 20.0 Å². The van der Waals surface area contributed by atoms with Crippen LogP contribution in [0.2, 0.25) is 5.02 Å². The predicted octanol–water partition coefficient (Wildman–Crippen LogP) is 4.20. The Balaban J connectivity index is 1.75. The topological polar surface area (TPSA) is 52.8 Å². The summed E-state index contributed by atoms with van der Waals surface area (Å²) in [7, 11) is 0. The summed E-state index contributed by atoms with van der Waals surface area (Å²) >= 11 is 7.18. The SMILES string of the molecule is Cc1cnc(OCc2cn(-c3ccc(Cl)c(C(F)F)c3)nn2)s1. The van der Waals surface area contributed by atoms with Crippen molar-refractivity contribution >= 4 is 22.9 Å². The second kappa shape index (κ2) is 6.59. The second-order valence-electron chi connectivity index (χ2n) is 4.69. The monoisotopic (exact) mass is 356 g/mol. The Morgan fingerprint density at radius 3 is 2.91 bits per heavy atom. The van der Waals surface area contributed by atoms with Crippen LogP contribution in [-0.2, 0) is 6.61 Å². The summed E-state index contributed by atoms with van der Waals surface area (Å²) in [4.78, 5) is 5.13. The number of hydrogen-bond acceptors (Lipinski definition) is 5. The van der Waals surface area contributed by atoms with Gasteiger partial charge in [-0.15, -0.1) is 5.10 Å². The number of aryl methyl sites for hydroxylation is 1. The average molecular weight is 357 g/mol. The minimum Gasteiger partial charge on any atom is -0.463 e. The first-order valence-corrected chi connectivity index (χ1v) is 7.77. The van der Waals surface area contributed by atoms with Gasteiger partial charge in [0.25, 0.3) is 11.6 Å². The molecule has 0 atom stereocenters. The maximum absolute atomic E-state index is 12.9. The number of nitrogens with zero attached hydrogens (tertiary/aromatic N) is 4. The molecule has 0 bridgehead atoms. The highest BCUT2D eigenvalue weighted by atomic mass is 35.5. The molecule has 0 amide bonds. The molecule has 120 valence electrons. The maximum atomic E-state index is 12.9. The summed E-state index contributed by atoms with van der Waals surface area (Å²) in [5.41, 5.74) is 0.774. The Bertz CT molecular complexity index is 821. The van der Waals surface area contributed by atoms with Crippen molar-refractivity contribution in [3.05, 3.63) is 51.7 Å². The van der Waals surface area contributed by atoms with Gasteiger partial charge in [0.2, 0.25) is 0 Å². The van der Waals surface area contributed by atoms with Gasteiger partial charge in [-0.3, -0.25) is 0 Å². The number of alkyl halides is 2. The smallest absolute Gasteiger partial charge is 0.273 e. The molecule has 0 aliphatic rings. The molecule has 0 radical (unpaired) electrons. The molecule has 0 fully saturated rings. The highest BCUT2D eigenvalue weighted by Gasteiger charge is 2.14. The Morgan fingerprint density at radius 2 is 2.22 bits per heavy atom. The normalized spacial score (nSPS) is 11.2. The van der Waals surface area contributed by atoms with Crippen LogP contribution in [0.4, 0.5) is 8.78 Å². The molecule has 23 heavy (non-hydrogen) atoms. The van der Waals surface area contributed by atoms with E-state index in [1.165, 1.54) is 28.2 Å². The molecule has 0 aliphatic carbocycles. The van der Waals surface area contributed by atoms with E-state index in [2.05, 4.69) is 15.3 Å². The van der Waals surface area contributed by atoms with Crippen molar-refractivity contribution < 1.29 is 13.5 Å². The van der Waals surface area contributed by atoms with Crippen LogP contribution in [0.5, 0.6) is 5.19 Å². The van der Waals surface area contributed by atoms with Gasteiger partial charge in [-0.2, -0.15) is 0 Å². The van der Waals surface area contributed by atoms with Crippen LogP contribution < -0.4 is 4.74 Å². The fourth-order valence-electron chi connectivity index (χ4n) is 1.87. The Hall–Kier alpha value is -2.06. The molecule has 0 N–H and O–H groups in total. The molecule has 2 heterocycles. The van der Waals surface area contributed by atoms with Gasteiger partial charge in [-0.05, 0) is 25.1 Å². The van der Waals surface area contributed by atoms with E-state index in [4.69, 9.17) is 16.3 Å². The molecular weight excluding hydrogens is 346 g/mol. The highest BCUT2D eigenvalue weighted by molar-refractivity contribution is 7.13. The highest BCUT2D eigenvalue weighted by Crippen LogP contribution is 2.28. The first kappa shape index (κ1) is 15.8. The molecule has 5 nitrogen and oxygen atoms in total. The Kier molecular flexibility index (Phi) is 4.53. The largest absolute Gasteiger partial charge is 0.463 e. The van der Waals surface area contributed by atoms with E-state index < -0.39 is 6.43 Å². The lowest BCUT2D eigenvalue weighted by molar-refractivity contribution is 0.151. The molecule has 0 saturated carbocycles. The van der Waals surface area contributed by atoms with Crippen molar-refractivity contribution in [1.29, 1.82) is 0 Å². The lowest BCUT2D eigenvalue weighted by Crippen LogP contribution is -1.97. The fourth-order valence-corrected chi connectivity index (χ4v) is 2.67. The number of ether oxygens (including phenoxy) is 1. The van der Waals surface area contributed by atoms with Gasteiger partial charge < -0.3 is 4.74 Å². The van der Waals surface area contributed by atoms with Crippen LogP contribution >= 0.6 is 22.9 Å². The van der Waals surface area contributed by atoms with Crippen molar-refractivity contribution in [2.75, 3.05) is 0 Å². The zero-order chi connectivity index (χ0) is 16.4. The van der Waals surface area contributed by atoms with Crippen molar-refractivity contribution in [2.24, 2.45) is 0 Å².